The average Bonchev–Trinajstić information content (AvgIpc) is 2.81. The molecule has 2 aliphatic rings. The third-order valence-corrected chi connectivity index (χ3v) is 2.62. The zero-order valence-electron chi connectivity index (χ0n) is 9.33. The molecular weight excluding hydrogens is 214 g/mol. The van der Waals surface area contributed by atoms with E-state index in [2.05, 4.69) is 32.2 Å². The topological polar surface area (TPSA) is 61.5 Å². The minimum atomic E-state index is -0.179. The molecule has 0 bridgehead atoms. The van der Waals surface area contributed by atoms with Crippen molar-refractivity contribution in [2.75, 3.05) is 5.32 Å². The van der Waals surface area contributed by atoms with Crippen LogP contribution in [-0.4, -0.2) is 30.4 Å². The summed E-state index contributed by atoms with van der Waals surface area (Å²) in [5.74, 6) is 1.45. The van der Waals surface area contributed by atoms with E-state index in [9.17, 15) is 0 Å². The van der Waals surface area contributed by atoms with Gasteiger partial charge in [-0.05, 0) is 19.1 Å². The second-order valence-electron chi connectivity index (χ2n) is 3.90. The van der Waals surface area contributed by atoms with Crippen molar-refractivity contribution < 1.29 is 0 Å². The summed E-state index contributed by atoms with van der Waals surface area (Å²) in [6.45, 7) is 2.06. The van der Waals surface area contributed by atoms with Gasteiger partial charge < -0.3 is 5.32 Å². The van der Waals surface area contributed by atoms with Crippen molar-refractivity contribution >= 4 is 30.0 Å². The molecule has 0 fully saturated rings. The molecule has 3 rings (SSSR count). The van der Waals surface area contributed by atoms with Gasteiger partial charge in [0.1, 0.15) is 18.5 Å². The van der Waals surface area contributed by atoms with Crippen molar-refractivity contribution in [3.63, 3.8) is 0 Å². The largest absolute Gasteiger partial charge is 0.341 e. The predicted molar refractivity (Wildman–Crippen MR) is 70.4 cm³/mol. The first-order chi connectivity index (χ1) is 8.33. The number of fused-ring (bicyclic) bond motifs is 1. The number of aliphatic imine (C=N–C) groups is 4. The Morgan fingerprint density at radius 1 is 1.06 bits per heavy atom. The van der Waals surface area contributed by atoms with Crippen LogP contribution in [0, 0.1) is 6.92 Å². The van der Waals surface area contributed by atoms with Gasteiger partial charge in [0.25, 0.3) is 0 Å². The molecule has 1 aromatic carbocycles. The van der Waals surface area contributed by atoms with Gasteiger partial charge in [0.15, 0.2) is 11.9 Å². The third-order valence-electron chi connectivity index (χ3n) is 2.62. The van der Waals surface area contributed by atoms with Crippen LogP contribution >= 0.6 is 0 Å². The van der Waals surface area contributed by atoms with Crippen LogP contribution in [-0.2, 0) is 0 Å². The maximum Gasteiger partial charge on any atom is 0.169 e. The van der Waals surface area contributed by atoms with Gasteiger partial charge in [-0.25, -0.2) is 15.0 Å². The van der Waals surface area contributed by atoms with E-state index in [4.69, 9.17) is 0 Å². The van der Waals surface area contributed by atoms with Crippen molar-refractivity contribution in [2.24, 2.45) is 20.0 Å². The first-order valence-electron chi connectivity index (χ1n) is 5.36. The van der Waals surface area contributed by atoms with E-state index in [0.717, 1.165) is 11.5 Å². The second kappa shape index (κ2) is 3.93. The average molecular weight is 225 g/mol. The maximum atomic E-state index is 4.22. The third kappa shape index (κ3) is 1.87. The number of hydrogen-bond donors (Lipinski definition) is 1. The fraction of sp³-hybridized carbons (Fsp3) is 0.167. The first-order valence-corrected chi connectivity index (χ1v) is 5.36. The van der Waals surface area contributed by atoms with Crippen molar-refractivity contribution in [1.29, 1.82) is 0 Å². The highest BCUT2D eigenvalue weighted by Crippen LogP contribution is 2.14. The summed E-state index contributed by atoms with van der Waals surface area (Å²) in [4.78, 5) is 16.6. The van der Waals surface area contributed by atoms with Crippen molar-refractivity contribution in [3.8, 4) is 0 Å². The number of benzene rings is 1. The smallest absolute Gasteiger partial charge is 0.169 e. The molecule has 1 atom stereocenters. The Labute approximate surface area is 98.7 Å². The number of amidine groups is 2. The van der Waals surface area contributed by atoms with Crippen LogP contribution in [0.15, 0.2) is 44.2 Å². The van der Waals surface area contributed by atoms with Crippen LogP contribution in [0.4, 0.5) is 5.69 Å². The molecule has 84 valence electrons. The zero-order chi connectivity index (χ0) is 11.7. The van der Waals surface area contributed by atoms with E-state index < -0.39 is 0 Å². The SMILES string of the molecule is Cc1ccc(NC2=NC=NC3=NC=N[C@H]32)cc1. The molecule has 0 saturated heterocycles. The van der Waals surface area contributed by atoms with Crippen molar-refractivity contribution in [2.45, 2.75) is 13.0 Å². The van der Waals surface area contributed by atoms with Crippen LogP contribution < -0.4 is 5.32 Å². The van der Waals surface area contributed by atoms with Gasteiger partial charge in [-0.1, -0.05) is 17.7 Å². The number of aryl methyl sites for hydroxylation is 1. The first kappa shape index (κ1) is 9.89. The van der Waals surface area contributed by atoms with Crippen LogP contribution in [0.2, 0.25) is 0 Å². The summed E-state index contributed by atoms with van der Waals surface area (Å²) in [5, 5.41) is 3.24. The lowest BCUT2D eigenvalue weighted by Crippen LogP contribution is -2.33. The number of nitrogens with one attached hydrogen (secondary N) is 1. The molecule has 1 N–H and O–H groups in total. The Bertz CT molecular complexity index is 551. The van der Waals surface area contributed by atoms with Crippen LogP contribution in [0.25, 0.3) is 0 Å². The highest BCUT2D eigenvalue weighted by Gasteiger charge is 2.26. The minimum absolute atomic E-state index is 0.179. The molecule has 0 aromatic heterocycles. The van der Waals surface area contributed by atoms with Gasteiger partial charge in [-0.15, -0.1) is 0 Å². The molecule has 0 unspecified atom stereocenters. The molecule has 2 heterocycles. The molecule has 17 heavy (non-hydrogen) atoms. The van der Waals surface area contributed by atoms with E-state index in [-0.39, 0.29) is 6.04 Å². The summed E-state index contributed by atoms with van der Waals surface area (Å²) in [6.07, 6.45) is 3.02. The standard InChI is InChI=1S/C12H11N5/c1-8-2-4-9(5-3-8)17-12-10-11(14-6-13-10)15-7-16-12/h2-7,10H,1H3,(H,13,14,15,16,17)/t10-/m1/s1. The highest BCUT2D eigenvalue weighted by molar-refractivity contribution is 6.23. The molecule has 2 aliphatic heterocycles. The Morgan fingerprint density at radius 2 is 1.88 bits per heavy atom. The van der Waals surface area contributed by atoms with Gasteiger partial charge in [-0.3, -0.25) is 4.99 Å². The number of hydrogen-bond acceptors (Lipinski definition) is 5. The zero-order valence-corrected chi connectivity index (χ0v) is 9.33. The van der Waals surface area contributed by atoms with Gasteiger partial charge in [-0.2, -0.15) is 0 Å². The fourth-order valence-corrected chi connectivity index (χ4v) is 1.70. The molecule has 0 aliphatic carbocycles. The van der Waals surface area contributed by atoms with Gasteiger partial charge in [0, 0.05) is 5.69 Å². The van der Waals surface area contributed by atoms with E-state index >= 15 is 0 Å². The molecule has 0 saturated carbocycles. The molecule has 0 radical (unpaired) electrons. The minimum Gasteiger partial charge on any atom is -0.341 e. The lowest BCUT2D eigenvalue weighted by Gasteiger charge is -2.15. The number of rotatable bonds is 1. The lowest BCUT2D eigenvalue weighted by molar-refractivity contribution is 1.13. The van der Waals surface area contributed by atoms with Crippen LogP contribution in [0.1, 0.15) is 5.56 Å². The van der Waals surface area contributed by atoms with E-state index in [1.807, 2.05) is 24.3 Å². The summed E-state index contributed by atoms with van der Waals surface area (Å²) in [7, 11) is 0. The number of anilines is 1. The van der Waals surface area contributed by atoms with Crippen molar-refractivity contribution in [1.82, 2.24) is 0 Å². The molecule has 5 heteroatoms. The van der Waals surface area contributed by atoms with E-state index in [0.29, 0.717) is 5.84 Å². The maximum absolute atomic E-state index is 4.22. The van der Waals surface area contributed by atoms with Crippen LogP contribution in [0.3, 0.4) is 0 Å². The molecule has 0 spiro atoms. The highest BCUT2D eigenvalue weighted by atomic mass is 15.2. The Morgan fingerprint density at radius 3 is 2.71 bits per heavy atom. The number of nitrogens with zero attached hydrogens (tertiary/aromatic N) is 4. The molecule has 1 aromatic rings. The predicted octanol–water partition coefficient (Wildman–Crippen LogP) is 1.66. The quantitative estimate of drug-likeness (QED) is 0.776. The van der Waals surface area contributed by atoms with Crippen molar-refractivity contribution in [3.05, 3.63) is 29.8 Å². The van der Waals surface area contributed by atoms with E-state index in [1.54, 1.807) is 0 Å². The summed E-state index contributed by atoms with van der Waals surface area (Å²) in [5.41, 5.74) is 2.22. The molecule has 0 amide bonds. The monoisotopic (exact) mass is 225 g/mol. The summed E-state index contributed by atoms with van der Waals surface area (Å²) >= 11 is 0. The van der Waals surface area contributed by atoms with Gasteiger partial charge >= 0.3 is 0 Å². The lowest BCUT2D eigenvalue weighted by atomic mass is 10.2. The Hall–Kier alpha value is -2.30. The van der Waals surface area contributed by atoms with E-state index in [1.165, 1.54) is 18.2 Å². The second-order valence-corrected chi connectivity index (χ2v) is 3.90. The van der Waals surface area contributed by atoms with Crippen LogP contribution in [0.5, 0.6) is 0 Å². The Balaban J connectivity index is 1.84. The molecule has 5 nitrogen and oxygen atoms in total. The van der Waals surface area contributed by atoms with Gasteiger partial charge in [0.2, 0.25) is 0 Å². The summed E-state index contributed by atoms with van der Waals surface area (Å²) < 4.78 is 0. The normalized spacial score (nSPS) is 20.9. The molecular formula is C12H11N5. The summed E-state index contributed by atoms with van der Waals surface area (Å²) in [6, 6.07) is 7.94. The van der Waals surface area contributed by atoms with Gasteiger partial charge in [0.05, 0.1) is 0 Å². The fourth-order valence-electron chi connectivity index (χ4n) is 1.70. The Kier molecular flexibility index (Phi) is 2.29.